The highest BCUT2D eigenvalue weighted by Crippen LogP contribution is 2.08. The van der Waals surface area contributed by atoms with Gasteiger partial charge in [-0.25, -0.2) is 4.98 Å². The van der Waals surface area contributed by atoms with Crippen molar-refractivity contribution in [3.05, 3.63) is 54.2 Å². The average Bonchev–Trinajstić information content (AvgIpc) is 2.48. The quantitative estimate of drug-likeness (QED) is 0.786. The lowest BCUT2D eigenvalue weighted by Crippen LogP contribution is -2.26. The van der Waals surface area contributed by atoms with Gasteiger partial charge in [0.1, 0.15) is 17.3 Å². The second-order valence-electron chi connectivity index (χ2n) is 4.22. The highest BCUT2D eigenvalue weighted by Gasteiger charge is 2.06. The van der Waals surface area contributed by atoms with E-state index in [9.17, 15) is 4.79 Å². The topological polar surface area (TPSA) is 77.2 Å². The van der Waals surface area contributed by atoms with Gasteiger partial charge in [-0.05, 0) is 30.7 Å². The zero-order chi connectivity index (χ0) is 14.2. The molecule has 5 nitrogen and oxygen atoms in total. The van der Waals surface area contributed by atoms with E-state index in [1.165, 1.54) is 0 Å². The van der Waals surface area contributed by atoms with Crippen molar-refractivity contribution in [2.45, 2.75) is 6.42 Å². The number of para-hydroxylation sites is 1. The van der Waals surface area contributed by atoms with E-state index in [-0.39, 0.29) is 5.91 Å². The number of carbonyl (C=O) groups is 1. The van der Waals surface area contributed by atoms with Gasteiger partial charge in [0.15, 0.2) is 0 Å². The van der Waals surface area contributed by atoms with Crippen molar-refractivity contribution in [1.82, 2.24) is 10.3 Å². The summed E-state index contributed by atoms with van der Waals surface area (Å²) in [5, 5.41) is 2.78. The fraction of sp³-hybridized carbons (Fsp3) is 0.200. The van der Waals surface area contributed by atoms with Gasteiger partial charge in [0, 0.05) is 6.54 Å². The first-order valence-electron chi connectivity index (χ1n) is 6.44. The molecule has 0 unspecified atom stereocenters. The molecule has 0 radical (unpaired) electrons. The van der Waals surface area contributed by atoms with Crippen LogP contribution in [0.25, 0.3) is 0 Å². The molecule has 1 aromatic heterocycles. The van der Waals surface area contributed by atoms with Gasteiger partial charge in [-0.3, -0.25) is 4.79 Å². The number of nitrogen functional groups attached to an aromatic ring is 1. The third kappa shape index (κ3) is 4.28. The van der Waals surface area contributed by atoms with Crippen LogP contribution in [0.4, 0.5) is 5.82 Å². The maximum absolute atomic E-state index is 11.8. The van der Waals surface area contributed by atoms with Crippen LogP contribution in [0.15, 0.2) is 48.5 Å². The van der Waals surface area contributed by atoms with E-state index >= 15 is 0 Å². The Kier molecular flexibility index (Phi) is 4.94. The molecule has 3 N–H and O–H groups in total. The number of rotatable bonds is 6. The number of amides is 1. The van der Waals surface area contributed by atoms with Crippen LogP contribution in [0.2, 0.25) is 0 Å². The highest BCUT2D eigenvalue weighted by molar-refractivity contribution is 5.92. The highest BCUT2D eigenvalue weighted by atomic mass is 16.5. The number of pyridine rings is 1. The third-order valence-electron chi connectivity index (χ3n) is 2.62. The van der Waals surface area contributed by atoms with Crippen molar-refractivity contribution in [3.8, 4) is 5.75 Å². The Labute approximate surface area is 117 Å². The first kappa shape index (κ1) is 13.9. The fourth-order valence-corrected chi connectivity index (χ4v) is 1.65. The van der Waals surface area contributed by atoms with E-state index in [1.54, 1.807) is 18.2 Å². The molecule has 1 heterocycles. The summed E-state index contributed by atoms with van der Waals surface area (Å²) in [4.78, 5) is 15.7. The molecule has 0 aliphatic carbocycles. The molecule has 104 valence electrons. The second kappa shape index (κ2) is 7.13. The standard InChI is InChI=1S/C15H17N3O2/c16-14-9-4-8-13(18-14)15(19)17-10-5-11-20-12-6-2-1-3-7-12/h1-4,6-9H,5,10-11H2,(H2,16,18)(H,17,19). The lowest BCUT2D eigenvalue weighted by Gasteiger charge is -2.07. The smallest absolute Gasteiger partial charge is 0.269 e. The summed E-state index contributed by atoms with van der Waals surface area (Å²) in [6, 6.07) is 14.5. The molecule has 1 aromatic carbocycles. The predicted octanol–water partition coefficient (Wildman–Crippen LogP) is 1.86. The molecule has 0 atom stereocenters. The van der Waals surface area contributed by atoms with Gasteiger partial charge in [-0.15, -0.1) is 0 Å². The number of carbonyl (C=O) groups excluding carboxylic acids is 1. The van der Waals surface area contributed by atoms with Gasteiger partial charge in [-0.2, -0.15) is 0 Å². The van der Waals surface area contributed by atoms with Crippen molar-refractivity contribution < 1.29 is 9.53 Å². The number of nitrogens with two attached hydrogens (primary N) is 1. The van der Waals surface area contributed by atoms with Gasteiger partial charge >= 0.3 is 0 Å². The minimum atomic E-state index is -0.225. The maximum Gasteiger partial charge on any atom is 0.269 e. The van der Waals surface area contributed by atoms with Crippen molar-refractivity contribution in [3.63, 3.8) is 0 Å². The number of hydrogen-bond acceptors (Lipinski definition) is 4. The van der Waals surface area contributed by atoms with E-state index in [0.29, 0.717) is 24.7 Å². The van der Waals surface area contributed by atoms with Crippen molar-refractivity contribution in [1.29, 1.82) is 0 Å². The molecule has 5 heteroatoms. The summed E-state index contributed by atoms with van der Waals surface area (Å²) in [5.74, 6) is 0.943. The molecule has 2 rings (SSSR count). The largest absolute Gasteiger partial charge is 0.494 e. The van der Waals surface area contributed by atoms with Crippen molar-refractivity contribution in [2.24, 2.45) is 0 Å². The van der Waals surface area contributed by atoms with Crippen LogP contribution in [-0.2, 0) is 0 Å². The summed E-state index contributed by atoms with van der Waals surface area (Å²) in [6.45, 7) is 1.08. The Balaban J connectivity index is 1.67. The number of ether oxygens (including phenoxy) is 1. The Morgan fingerprint density at radius 3 is 2.70 bits per heavy atom. The fourth-order valence-electron chi connectivity index (χ4n) is 1.65. The number of hydrogen-bond donors (Lipinski definition) is 2. The molecule has 0 bridgehead atoms. The molecule has 0 fully saturated rings. The number of nitrogens with one attached hydrogen (secondary N) is 1. The average molecular weight is 271 g/mol. The van der Waals surface area contributed by atoms with Crippen molar-refractivity contribution in [2.75, 3.05) is 18.9 Å². The first-order valence-corrected chi connectivity index (χ1v) is 6.44. The molecule has 2 aromatic rings. The minimum absolute atomic E-state index is 0.225. The van der Waals surface area contributed by atoms with Gasteiger partial charge in [0.05, 0.1) is 6.61 Å². The molecule has 0 aliphatic rings. The molecule has 1 amide bonds. The van der Waals surface area contributed by atoms with Crippen LogP contribution >= 0.6 is 0 Å². The monoisotopic (exact) mass is 271 g/mol. The van der Waals surface area contributed by atoms with Gasteiger partial charge in [-0.1, -0.05) is 24.3 Å². The van der Waals surface area contributed by atoms with Gasteiger partial charge in [0.25, 0.3) is 5.91 Å². The van der Waals surface area contributed by atoms with Crippen LogP contribution < -0.4 is 15.8 Å². The lowest BCUT2D eigenvalue weighted by molar-refractivity contribution is 0.0946. The van der Waals surface area contributed by atoms with E-state index < -0.39 is 0 Å². The van der Waals surface area contributed by atoms with E-state index in [0.717, 1.165) is 12.2 Å². The Morgan fingerprint density at radius 2 is 1.95 bits per heavy atom. The van der Waals surface area contributed by atoms with E-state index in [2.05, 4.69) is 10.3 Å². The first-order chi connectivity index (χ1) is 9.75. The molecule has 0 saturated heterocycles. The van der Waals surface area contributed by atoms with Crippen LogP contribution in [0.5, 0.6) is 5.75 Å². The SMILES string of the molecule is Nc1cccc(C(=O)NCCCOc2ccccc2)n1. The van der Waals surface area contributed by atoms with E-state index in [1.807, 2.05) is 30.3 Å². The molecule has 20 heavy (non-hydrogen) atoms. The summed E-state index contributed by atoms with van der Waals surface area (Å²) in [7, 11) is 0. The zero-order valence-corrected chi connectivity index (χ0v) is 11.1. The molecule has 0 aliphatic heterocycles. The van der Waals surface area contributed by atoms with Crippen LogP contribution in [-0.4, -0.2) is 24.0 Å². The normalized spacial score (nSPS) is 10.0. The maximum atomic E-state index is 11.8. The van der Waals surface area contributed by atoms with Crippen LogP contribution in [0, 0.1) is 0 Å². The molecular formula is C15H17N3O2. The predicted molar refractivity (Wildman–Crippen MR) is 77.5 cm³/mol. The van der Waals surface area contributed by atoms with E-state index in [4.69, 9.17) is 10.5 Å². The van der Waals surface area contributed by atoms with Gasteiger partial charge in [0.2, 0.25) is 0 Å². The summed E-state index contributed by atoms with van der Waals surface area (Å²) < 4.78 is 5.53. The summed E-state index contributed by atoms with van der Waals surface area (Å²) >= 11 is 0. The van der Waals surface area contributed by atoms with Crippen LogP contribution in [0.3, 0.4) is 0 Å². The third-order valence-corrected chi connectivity index (χ3v) is 2.62. The summed E-state index contributed by atoms with van der Waals surface area (Å²) in [6.07, 6.45) is 0.725. The minimum Gasteiger partial charge on any atom is -0.494 e. The Morgan fingerprint density at radius 1 is 1.15 bits per heavy atom. The summed E-state index contributed by atoms with van der Waals surface area (Å²) in [5.41, 5.74) is 5.85. The van der Waals surface area contributed by atoms with Crippen molar-refractivity contribution >= 4 is 11.7 Å². The second-order valence-corrected chi connectivity index (χ2v) is 4.22. The number of nitrogens with zero attached hydrogens (tertiary/aromatic N) is 1. The lowest BCUT2D eigenvalue weighted by atomic mass is 10.3. The zero-order valence-electron chi connectivity index (χ0n) is 11.1. The number of anilines is 1. The number of benzene rings is 1. The van der Waals surface area contributed by atoms with Crippen LogP contribution in [0.1, 0.15) is 16.9 Å². The molecule has 0 spiro atoms. The Hall–Kier alpha value is -2.56. The molecular weight excluding hydrogens is 254 g/mol. The number of aromatic nitrogens is 1. The molecule has 0 saturated carbocycles. The van der Waals surface area contributed by atoms with Gasteiger partial charge < -0.3 is 15.8 Å². The Bertz CT molecular complexity index is 558.